The minimum atomic E-state index is -0.381. The van der Waals surface area contributed by atoms with E-state index in [1.165, 1.54) is 11.6 Å². The Morgan fingerprint density at radius 1 is 1.05 bits per heavy atom. The lowest BCUT2D eigenvalue weighted by molar-refractivity contribution is 0.590. The summed E-state index contributed by atoms with van der Waals surface area (Å²) in [6.07, 6.45) is 0. The third kappa shape index (κ3) is 3.51. The van der Waals surface area contributed by atoms with E-state index in [2.05, 4.69) is 38.2 Å². The van der Waals surface area contributed by atoms with Gasteiger partial charge in [-0.3, -0.25) is 0 Å². The van der Waals surface area contributed by atoms with Crippen LogP contribution in [-0.2, 0) is 12.0 Å². The van der Waals surface area contributed by atoms with E-state index in [4.69, 9.17) is 11.6 Å². The summed E-state index contributed by atoms with van der Waals surface area (Å²) >= 11 is 5.93. The molecule has 0 unspecified atom stereocenters. The van der Waals surface area contributed by atoms with E-state index in [-0.39, 0.29) is 16.3 Å². The van der Waals surface area contributed by atoms with E-state index in [0.29, 0.717) is 6.54 Å². The Balaban J connectivity index is 2.06. The van der Waals surface area contributed by atoms with E-state index < -0.39 is 0 Å². The van der Waals surface area contributed by atoms with Crippen LogP contribution in [0.15, 0.2) is 42.5 Å². The van der Waals surface area contributed by atoms with Crippen molar-refractivity contribution >= 4 is 17.3 Å². The molecule has 106 valence electrons. The molecule has 20 heavy (non-hydrogen) atoms. The molecule has 1 nitrogen and oxygen atoms in total. The molecule has 2 rings (SSSR count). The zero-order chi connectivity index (χ0) is 14.8. The number of anilines is 1. The van der Waals surface area contributed by atoms with Gasteiger partial charge in [0.25, 0.3) is 0 Å². The summed E-state index contributed by atoms with van der Waals surface area (Å²) in [4.78, 5) is 0. The van der Waals surface area contributed by atoms with Crippen LogP contribution in [0, 0.1) is 5.82 Å². The van der Waals surface area contributed by atoms with Crippen LogP contribution in [0.2, 0.25) is 5.02 Å². The number of rotatable bonds is 3. The third-order valence-electron chi connectivity index (χ3n) is 3.27. The van der Waals surface area contributed by atoms with E-state index in [1.54, 1.807) is 6.07 Å². The highest BCUT2D eigenvalue weighted by Gasteiger charge is 2.12. The van der Waals surface area contributed by atoms with E-state index in [9.17, 15) is 4.39 Å². The first kappa shape index (κ1) is 14.9. The van der Waals surface area contributed by atoms with Gasteiger partial charge in [0.1, 0.15) is 5.82 Å². The molecule has 0 bridgehead atoms. The molecular weight excluding hydrogens is 273 g/mol. The smallest absolute Gasteiger partial charge is 0.142 e. The number of hydrogen-bond acceptors (Lipinski definition) is 1. The average Bonchev–Trinajstić information content (AvgIpc) is 2.40. The molecule has 0 saturated carbocycles. The largest absolute Gasteiger partial charge is 0.381 e. The van der Waals surface area contributed by atoms with Crippen molar-refractivity contribution in [3.63, 3.8) is 0 Å². The molecule has 0 heterocycles. The quantitative estimate of drug-likeness (QED) is 0.799. The second-order valence-electron chi connectivity index (χ2n) is 5.89. The van der Waals surface area contributed by atoms with Crippen molar-refractivity contribution in [3.8, 4) is 0 Å². The van der Waals surface area contributed by atoms with Crippen LogP contribution >= 0.6 is 11.6 Å². The highest BCUT2D eigenvalue weighted by Crippen LogP contribution is 2.24. The molecule has 2 aromatic rings. The van der Waals surface area contributed by atoms with Crippen LogP contribution in [0.5, 0.6) is 0 Å². The predicted molar refractivity (Wildman–Crippen MR) is 83.9 cm³/mol. The first-order valence-electron chi connectivity index (χ1n) is 6.65. The van der Waals surface area contributed by atoms with Crippen LogP contribution in [0.4, 0.5) is 10.1 Å². The Kier molecular flexibility index (Phi) is 4.34. The van der Waals surface area contributed by atoms with Crippen molar-refractivity contribution < 1.29 is 4.39 Å². The molecular formula is C17H19ClFN. The predicted octanol–water partition coefficient (Wildman–Crippen LogP) is 5.39. The minimum Gasteiger partial charge on any atom is -0.381 e. The van der Waals surface area contributed by atoms with Crippen LogP contribution in [0.3, 0.4) is 0 Å². The van der Waals surface area contributed by atoms with Gasteiger partial charge in [0.2, 0.25) is 0 Å². The van der Waals surface area contributed by atoms with Crippen molar-refractivity contribution in [3.05, 3.63) is 64.4 Å². The summed E-state index contributed by atoms with van der Waals surface area (Å²) in [5, 5.41) is 3.44. The molecule has 0 aromatic heterocycles. The van der Waals surface area contributed by atoms with Gasteiger partial charge >= 0.3 is 0 Å². The Labute approximate surface area is 124 Å². The molecule has 2 aromatic carbocycles. The SMILES string of the molecule is CC(C)(C)c1ccc(NCc2cccc(F)c2Cl)cc1. The van der Waals surface area contributed by atoms with Crippen molar-refractivity contribution in [1.82, 2.24) is 0 Å². The van der Waals surface area contributed by atoms with Crippen LogP contribution in [0.25, 0.3) is 0 Å². The van der Waals surface area contributed by atoms with Gasteiger partial charge in [0.15, 0.2) is 0 Å². The first-order chi connectivity index (χ1) is 9.38. The lowest BCUT2D eigenvalue weighted by Gasteiger charge is -2.19. The number of hydrogen-bond donors (Lipinski definition) is 1. The third-order valence-corrected chi connectivity index (χ3v) is 3.69. The van der Waals surface area contributed by atoms with Crippen molar-refractivity contribution in [2.75, 3.05) is 5.32 Å². The summed E-state index contributed by atoms with van der Waals surface area (Å²) in [5.74, 6) is -0.381. The Morgan fingerprint density at radius 2 is 1.70 bits per heavy atom. The van der Waals surface area contributed by atoms with E-state index in [1.807, 2.05) is 18.2 Å². The molecule has 0 saturated heterocycles. The zero-order valence-corrected chi connectivity index (χ0v) is 12.8. The topological polar surface area (TPSA) is 12.0 Å². The Hall–Kier alpha value is -1.54. The van der Waals surface area contributed by atoms with Crippen LogP contribution < -0.4 is 5.32 Å². The van der Waals surface area contributed by atoms with Gasteiger partial charge in [0.05, 0.1) is 5.02 Å². The van der Waals surface area contributed by atoms with Gasteiger partial charge in [-0.1, -0.05) is 56.6 Å². The average molecular weight is 292 g/mol. The maximum absolute atomic E-state index is 13.3. The number of halogens is 2. The monoisotopic (exact) mass is 291 g/mol. The molecule has 3 heteroatoms. The fraction of sp³-hybridized carbons (Fsp3) is 0.294. The standard InChI is InChI=1S/C17H19ClFN/c1-17(2,3)13-7-9-14(10-8-13)20-11-12-5-4-6-15(19)16(12)18/h4-10,20H,11H2,1-3H3. The van der Waals surface area contributed by atoms with Crippen molar-refractivity contribution in [2.45, 2.75) is 32.7 Å². The van der Waals surface area contributed by atoms with E-state index >= 15 is 0 Å². The number of nitrogens with one attached hydrogen (secondary N) is 1. The van der Waals surface area contributed by atoms with Crippen LogP contribution in [-0.4, -0.2) is 0 Å². The van der Waals surface area contributed by atoms with Crippen molar-refractivity contribution in [2.24, 2.45) is 0 Å². The molecule has 1 N–H and O–H groups in total. The molecule has 0 aliphatic carbocycles. The summed E-state index contributed by atoms with van der Waals surface area (Å²) in [5.41, 5.74) is 3.18. The zero-order valence-electron chi connectivity index (χ0n) is 12.0. The lowest BCUT2D eigenvalue weighted by Crippen LogP contribution is -2.10. The second kappa shape index (κ2) is 5.84. The summed E-state index contributed by atoms with van der Waals surface area (Å²) in [7, 11) is 0. The fourth-order valence-electron chi connectivity index (χ4n) is 1.97. The van der Waals surface area contributed by atoms with Gasteiger partial charge in [-0.25, -0.2) is 4.39 Å². The molecule has 0 fully saturated rings. The number of benzene rings is 2. The molecule has 0 aliphatic heterocycles. The van der Waals surface area contributed by atoms with Gasteiger partial charge < -0.3 is 5.32 Å². The fourth-order valence-corrected chi connectivity index (χ4v) is 2.16. The molecule has 0 atom stereocenters. The molecule has 0 spiro atoms. The summed E-state index contributed by atoms with van der Waals surface area (Å²) in [6.45, 7) is 7.05. The first-order valence-corrected chi connectivity index (χ1v) is 7.03. The maximum atomic E-state index is 13.3. The van der Waals surface area contributed by atoms with Crippen molar-refractivity contribution in [1.29, 1.82) is 0 Å². The highest BCUT2D eigenvalue weighted by atomic mass is 35.5. The van der Waals surface area contributed by atoms with Gasteiger partial charge in [0, 0.05) is 12.2 Å². The molecule has 0 amide bonds. The Bertz CT molecular complexity index is 585. The minimum absolute atomic E-state index is 0.143. The Morgan fingerprint density at radius 3 is 2.30 bits per heavy atom. The van der Waals surface area contributed by atoms with Gasteiger partial charge in [-0.05, 0) is 34.7 Å². The second-order valence-corrected chi connectivity index (χ2v) is 6.27. The molecule has 0 aliphatic rings. The summed E-state index contributed by atoms with van der Waals surface area (Å²) in [6, 6.07) is 13.1. The summed E-state index contributed by atoms with van der Waals surface area (Å²) < 4.78 is 13.3. The maximum Gasteiger partial charge on any atom is 0.142 e. The normalized spacial score (nSPS) is 11.4. The van der Waals surface area contributed by atoms with Gasteiger partial charge in [-0.15, -0.1) is 0 Å². The highest BCUT2D eigenvalue weighted by molar-refractivity contribution is 6.31. The van der Waals surface area contributed by atoms with Crippen LogP contribution in [0.1, 0.15) is 31.9 Å². The van der Waals surface area contributed by atoms with E-state index in [0.717, 1.165) is 11.3 Å². The van der Waals surface area contributed by atoms with Gasteiger partial charge in [-0.2, -0.15) is 0 Å². The molecule has 0 radical (unpaired) electrons. The lowest BCUT2D eigenvalue weighted by atomic mass is 9.87.